The summed E-state index contributed by atoms with van der Waals surface area (Å²) in [5.74, 6) is -1.07. The Hall–Kier alpha value is -3.56. The van der Waals surface area contributed by atoms with Crippen LogP contribution in [-0.2, 0) is 19.1 Å². The fourth-order valence-electron chi connectivity index (χ4n) is 14.3. The molecular weight excluding hydrogens is 1580 g/mol. The third-order valence-corrected chi connectivity index (χ3v) is 57.4. The molecule has 4 heterocycles. The number of pyridine rings is 2. The molecule has 2 N–H and O–H groups in total. The minimum absolute atomic E-state index is 0.0200. The van der Waals surface area contributed by atoms with Crippen molar-refractivity contribution in [3.05, 3.63) is 109 Å². The van der Waals surface area contributed by atoms with Gasteiger partial charge in [-0.05, 0) is 56.0 Å². The molecule has 532 valence electrons. The number of rotatable bonds is 34. The van der Waals surface area contributed by atoms with E-state index in [1.165, 1.54) is 155 Å². The number of ether oxygens (including phenoxy) is 2. The molecule has 2 aliphatic carbocycles. The van der Waals surface area contributed by atoms with E-state index in [9.17, 15) is 28.8 Å². The van der Waals surface area contributed by atoms with E-state index in [1.807, 2.05) is 12.1 Å². The maximum atomic E-state index is 13.9. The largest absolute Gasteiger partial charge is 0.469 e. The SMILES string of the molecule is CCC[CH2][SnH]([CH2]CCC)[CH2]CCC.CCC[CH2][SnH]([CH2]CCC)[CH2]CCC.CCC[CH2][Sn]([CH2]CCC)([CH2]CCC)[c]1ccc2nc3c(C(=O)NC4CCC(C(=O)OC)CC4)cccn3c(=O)c2c1.COC(=O)C1CCC(NC(=O)c2cccn3c(=O)c4cc(Br)ccc4nc23)CC1. The molecule has 0 atom stereocenters. The first-order valence-electron chi connectivity index (χ1n) is 37.9. The van der Waals surface area contributed by atoms with Gasteiger partial charge < -0.3 is 14.8 Å². The zero-order valence-corrected chi connectivity index (χ0v) is 72.1. The van der Waals surface area contributed by atoms with Crippen LogP contribution in [0, 0.1) is 11.8 Å². The summed E-state index contributed by atoms with van der Waals surface area (Å²) in [6, 6.07) is 18.6. The zero-order chi connectivity index (χ0) is 69.8. The average Bonchev–Trinajstić information content (AvgIpc) is 0.764. The number of hydrogen-bond donors (Lipinski definition) is 2. The Bertz CT molecular complexity index is 3350. The van der Waals surface area contributed by atoms with Gasteiger partial charge in [0.25, 0.3) is 11.5 Å². The molecule has 0 spiro atoms. The van der Waals surface area contributed by atoms with Crippen molar-refractivity contribution in [1.82, 2.24) is 29.4 Å². The Kier molecular flexibility index (Phi) is 39.9. The van der Waals surface area contributed by atoms with E-state index in [4.69, 9.17) is 14.5 Å². The third kappa shape index (κ3) is 25.8. The van der Waals surface area contributed by atoms with Crippen molar-refractivity contribution in [2.24, 2.45) is 11.8 Å². The molecular formula is C78H123BrN6O8Sn3. The number of nitrogens with one attached hydrogen (secondary N) is 2. The number of benzene rings is 2. The van der Waals surface area contributed by atoms with Crippen molar-refractivity contribution in [2.45, 2.75) is 281 Å². The van der Waals surface area contributed by atoms with Crippen LogP contribution in [0.1, 0.15) is 250 Å². The summed E-state index contributed by atoms with van der Waals surface area (Å²) in [6.45, 7) is 20.8. The van der Waals surface area contributed by atoms with Crippen molar-refractivity contribution in [3.63, 3.8) is 0 Å². The molecule has 0 unspecified atom stereocenters. The Morgan fingerprint density at radius 2 is 0.812 bits per heavy atom. The summed E-state index contributed by atoms with van der Waals surface area (Å²) in [7, 11) is 2.81. The van der Waals surface area contributed by atoms with Crippen molar-refractivity contribution in [3.8, 4) is 0 Å². The molecule has 4 aromatic heterocycles. The van der Waals surface area contributed by atoms with Crippen LogP contribution in [-0.4, -0.2) is 127 Å². The quantitative estimate of drug-likeness (QED) is 0.0224. The van der Waals surface area contributed by atoms with Gasteiger partial charge in [-0.25, -0.2) is 4.98 Å². The molecule has 6 aromatic rings. The minimum atomic E-state index is -2.72. The van der Waals surface area contributed by atoms with Crippen LogP contribution < -0.4 is 25.3 Å². The Labute approximate surface area is 603 Å². The van der Waals surface area contributed by atoms with E-state index in [-0.39, 0.29) is 58.8 Å². The molecule has 0 radical (unpaired) electrons. The number of aromatic nitrogens is 4. The topological polar surface area (TPSA) is 180 Å². The number of unbranched alkanes of at least 4 members (excludes halogenated alkanes) is 9. The summed E-state index contributed by atoms with van der Waals surface area (Å²) in [4.78, 5) is 86.0. The Balaban J connectivity index is 0.000000261. The zero-order valence-electron chi connectivity index (χ0n) is 61.1. The second-order valence-corrected chi connectivity index (χ2v) is 61.7. The maximum absolute atomic E-state index is 13.9. The van der Waals surface area contributed by atoms with Crippen LogP contribution in [0.4, 0.5) is 0 Å². The number of esters is 2. The van der Waals surface area contributed by atoms with Crippen molar-refractivity contribution in [1.29, 1.82) is 0 Å². The van der Waals surface area contributed by atoms with Crippen LogP contribution in [0.3, 0.4) is 0 Å². The van der Waals surface area contributed by atoms with Gasteiger partial charge in [-0.1, -0.05) is 15.9 Å². The Morgan fingerprint density at radius 1 is 0.479 bits per heavy atom. The molecule has 2 aromatic carbocycles. The molecule has 14 nitrogen and oxygen atoms in total. The summed E-state index contributed by atoms with van der Waals surface area (Å²) >= 11 is -1.29. The van der Waals surface area contributed by atoms with Gasteiger partial charge >= 0.3 is 417 Å². The van der Waals surface area contributed by atoms with Gasteiger partial charge in [-0.15, -0.1) is 0 Å². The predicted octanol–water partition coefficient (Wildman–Crippen LogP) is 18.7. The van der Waals surface area contributed by atoms with E-state index in [0.717, 1.165) is 17.3 Å². The molecule has 96 heavy (non-hydrogen) atoms. The molecule has 2 aliphatic rings. The predicted molar refractivity (Wildman–Crippen MR) is 413 cm³/mol. The number of amides is 2. The number of nitrogens with zero attached hydrogens (tertiary/aromatic N) is 4. The van der Waals surface area contributed by atoms with E-state index in [1.54, 1.807) is 75.4 Å². The number of hydrogen-bond acceptors (Lipinski definition) is 10. The first-order valence-corrected chi connectivity index (χ1v) is 60.1. The van der Waals surface area contributed by atoms with Crippen molar-refractivity contribution >= 4 is 134 Å². The molecule has 0 bridgehead atoms. The van der Waals surface area contributed by atoms with E-state index < -0.39 is 57.9 Å². The normalized spacial score (nSPS) is 16.3. The summed E-state index contributed by atoms with van der Waals surface area (Å²) in [5.41, 5.74) is 2.32. The third-order valence-electron chi connectivity index (χ3n) is 20.4. The molecule has 2 amide bonds. The van der Waals surface area contributed by atoms with Gasteiger partial charge in [0.2, 0.25) is 0 Å². The Morgan fingerprint density at radius 3 is 1.15 bits per heavy atom. The van der Waals surface area contributed by atoms with Crippen molar-refractivity contribution < 1.29 is 28.7 Å². The molecule has 8 rings (SSSR count). The monoisotopic (exact) mass is 1710 g/mol. The van der Waals surface area contributed by atoms with Crippen LogP contribution in [0.2, 0.25) is 39.9 Å². The second-order valence-electron chi connectivity index (χ2n) is 27.7. The summed E-state index contributed by atoms with van der Waals surface area (Å²) < 4.78 is 29.0. The second kappa shape index (κ2) is 46.0. The summed E-state index contributed by atoms with van der Waals surface area (Å²) in [6.07, 6.45) is 34.1. The van der Waals surface area contributed by atoms with E-state index in [0.29, 0.717) is 82.8 Å². The van der Waals surface area contributed by atoms with Gasteiger partial charge in [0.1, 0.15) is 0 Å². The van der Waals surface area contributed by atoms with Crippen LogP contribution in [0.5, 0.6) is 0 Å². The minimum Gasteiger partial charge on any atom is -0.469 e. The molecule has 18 heteroatoms. The fraction of sp³-hybridized carbons (Fsp3) is 0.641. The molecule has 0 aliphatic heterocycles. The van der Waals surface area contributed by atoms with Gasteiger partial charge in [0, 0.05) is 16.7 Å². The molecule has 2 fully saturated rings. The number of halogens is 1. The maximum Gasteiger partial charge on any atom is 0.308 e. The van der Waals surface area contributed by atoms with E-state index in [2.05, 4.69) is 106 Å². The number of methoxy groups -OCH3 is 2. The first-order chi connectivity index (χ1) is 46.5. The fourth-order valence-corrected chi connectivity index (χ4v) is 52.4. The van der Waals surface area contributed by atoms with Gasteiger partial charge in [0.15, 0.2) is 5.65 Å². The van der Waals surface area contributed by atoms with Crippen LogP contribution >= 0.6 is 15.9 Å². The van der Waals surface area contributed by atoms with Crippen LogP contribution in [0.15, 0.2) is 87.1 Å². The van der Waals surface area contributed by atoms with E-state index >= 15 is 0 Å². The molecule has 0 saturated heterocycles. The molecule has 2 saturated carbocycles. The summed E-state index contributed by atoms with van der Waals surface area (Å²) in [5, 5.41) is 7.29. The smallest absolute Gasteiger partial charge is 0.308 e. The van der Waals surface area contributed by atoms with Crippen LogP contribution in [0.25, 0.3) is 33.1 Å². The van der Waals surface area contributed by atoms with Gasteiger partial charge in [-0.3, -0.25) is 23.6 Å². The van der Waals surface area contributed by atoms with Gasteiger partial charge in [-0.2, -0.15) is 0 Å². The standard InChI is InChI=1S/C21H20BrN3O4.C21H20N3O4.9C4H9.3Sn.2H/c1-29-21(28)12-4-7-14(8-5-12)23-19(26)15-3-2-10-25-18(15)24-17-9-6-13(22)11-16(17)20(25)27;1-28-21(27)13-8-10-14(11-9-13)22-19(25)16-6-4-12-24-18(16)23-17-7-3-2-5-15(17)20(24)26;9*1-3-4-2;;;;;/h2-3,6,9-12,14H,4-5,7-8H2,1H3,(H,23,26);3-7,12-14H,8-11H2,1H3,(H,22,25);9*1,3-4H2,2H3;;;;;. The van der Waals surface area contributed by atoms with Crippen molar-refractivity contribution in [2.75, 3.05) is 14.2 Å². The average molecular weight is 1710 g/mol. The van der Waals surface area contributed by atoms with Gasteiger partial charge in [0.05, 0.1) is 42.5 Å². The number of carbonyl (C=O) groups excluding carboxylic acids is 4. The first kappa shape index (κ1) is 83.1. The number of carbonyl (C=O) groups is 4. The number of fused-ring (bicyclic) bond motifs is 4.